The van der Waals surface area contributed by atoms with Crippen molar-refractivity contribution in [2.75, 3.05) is 11.1 Å². The monoisotopic (exact) mass is 386 g/mol. The van der Waals surface area contributed by atoms with Crippen molar-refractivity contribution in [2.24, 2.45) is 0 Å². The van der Waals surface area contributed by atoms with Crippen LogP contribution in [0.4, 0.5) is 11.5 Å². The van der Waals surface area contributed by atoms with E-state index in [1.54, 1.807) is 16.8 Å². The zero-order valence-electron chi connectivity index (χ0n) is 14.9. The van der Waals surface area contributed by atoms with E-state index in [2.05, 4.69) is 10.4 Å². The highest BCUT2D eigenvalue weighted by Crippen LogP contribution is 2.37. The minimum Gasteiger partial charge on any atom is -0.382 e. The molecule has 3 N–H and O–H groups in total. The molecule has 1 aromatic heterocycles. The van der Waals surface area contributed by atoms with Gasteiger partial charge < -0.3 is 11.1 Å². The number of nitrogens with two attached hydrogens (primary N) is 1. The van der Waals surface area contributed by atoms with E-state index in [0.717, 1.165) is 10.6 Å². The Balaban J connectivity index is 1.74. The molecule has 3 aromatic carbocycles. The van der Waals surface area contributed by atoms with E-state index in [4.69, 9.17) is 5.73 Å². The van der Waals surface area contributed by atoms with E-state index in [1.165, 1.54) is 11.8 Å². The van der Waals surface area contributed by atoms with Gasteiger partial charge in [0, 0.05) is 10.5 Å². The molecule has 0 atom stereocenters. The average molecular weight is 386 g/mol. The van der Waals surface area contributed by atoms with Crippen LogP contribution in [0.25, 0.3) is 5.69 Å². The third-order valence-corrected chi connectivity index (χ3v) is 5.11. The van der Waals surface area contributed by atoms with Gasteiger partial charge in [0.2, 0.25) is 0 Å². The molecule has 0 aliphatic heterocycles. The van der Waals surface area contributed by atoms with Gasteiger partial charge in [-0.15, -0.1) is 0 Å². The van der Waals surface area contributed by atoms with Crippen LogP contribution in [0.2, 0.25) is 0 Å². The van der Waals surface area contributed by atoms with Gasteiger partial charge in [-0.05, 0) is 36.4 Å². The highest BCUT2D eigenvalue weighted by molar-refractivity contribution is 7.99. The summed E-state index contributed by atoms with van der Waals surface area (Å²) in [7, 11) is 0. The van der Waals surface area contributed by atoms with Gasteiger partial charge >= 0.3 is 0 Å². The van der Waals surface area contributed by atoms with Crippen LogP contribution in [0.1, 0.15) is 10.4 Å². The summed E-state index contributed by atoms with van der Waals surface area (Å²) >= 11 is 1.45. The number of carbonyl (C=O) groups is 1. The number of nitrogen functional groups attached to an aromatic ring is 1. The zero-order valence-corrected chi connectivity index (χ0v) is 15.8. The van der Waals surface area contributed by atoms with Crippen molar-refractivity contribution in [3.05, 3.63) is 96.6 Å². The number of benzene rings is 3. The standard InChI is InChI=1S/C22H18N4OS/c23-20-19(24-21(27)16-10-4-1-5-11-16)22(28-18-14-8-3-9-15-18)25-26(20)17-12-6-2-7-13-17/h1-15H,23H2,(H,24,27). The van der Waals surface area contributed by atoms with Crippen molar-refractivity contribution < 1.29 is 4.79 Å². The van der Waals surface area contributed by atoms with Crippen LogP contribution in [0.3, 0.4) is 0 Å². The van der Waals surface area contributed by atoms with E-state index >= 15 is 0 Å². The first-order valence-corrected chi connectivity index (χ1v) is 9.57. The SMILES string of the molecule is Nc1c(NC(=O)c2ccccc2)c(Sc2ccccc2)nn1-c1ccccc1. The predicted octanol–water partition coefficient (Wildman–Crippen LogP) is 4.86. The number of hydrogen-bond acceptors (Lipinski definition) is 4. The van der Waals surface area contributed by atoms with E-state index in [1.807, 2.05) is 78.9 Å². The first-order valence-electron chi connectivity index (χ1n) is 8.75. The fourth-order valence-corrected chi connectivity index (χ4v) is 3.64. The van der Waals surface area contributed by atoms with Gasteiger partial charge in [0.1, 0.15) is 10.7 Å². The molecule has 0 radical (unpaired) electrons. The second-order valence-corrected chi connectivity index (χ2v) is 7.11. The third-order valence-electron chi connectivity index (χ3n) is 4.12. The summed E-state index contributed by atoms with van der Waals surface area (Å²) in [6.45, 7) is 0. The second kappa shape index (κ2) is 8.02. The fraction of sp³-hybridized carbons (Fsp3) is 0. The first kappa shape index (κ1) is 17.9. The van der Waals surface area contributed by atoms with E-state index < -0.39 is 0 Å². The topological polar surface area (TPSA) is 72.9 Å². The van der Waals surface area contributed by atoms with Crippen LogP contribution in [-0.4, -0.2) is 15.7 Å². The fourth-order valence-electron chi connectivity index (χ4n) is 2.74. The maximum absolute atomic E-state index is 12.7. The number of nitrogens with zero attached hydrogens (tertiary/aromatic N) is 2. The molecule has 5 nitrogen and oxygen atoms in total. The van der Waals surface area contributed by atoms with Gasteiger partial charge in [0.25, 0.3) is 5.91 Å². The number of nitrogens with one attached hydrogen (secondary N) is 1. The number of anilines is 2. The summed E-state index contributed by atoms with van der Waals surface area (Å²) in [6.07, 6.45) is 0. The van der Waals surface area contributed by atoms with Crippen LogP contribution in [0, 0.1) is 0 Å². The number of carbonyl (C=O) groups excluding carboxylic acids is 1. The van der Waals surface area contributed by atoms with E-state index in [0.29, 0.717) is 22.1 Å². The molecule has 6 heteroatoms. The predicted molar refractivity (Wildman–Crippen MR) is 113 cm³/mol. The molecule has 0 aliphatic carbocycles. The molecule has 0 fully saturated rings. The van der Waals surface area contributed by atoms with Crippen LogP contribution < -0.4 is 11.1 Å². The Morgan fingerprint density at radius 1 is 0.857 bits per heavy atom. The molecule has 1 heterocycles. The van der Waals surface area contributed by atoms with Crippen molar-refractivity contribution >= 4 is 29.2 Å². The normalized spacial score (nSPS) is 10.6. The maximum atomic E-state index is 12.7. The molecular formula is C22H18N4OS. The number of para-hydroxylation sites is 1. The molecular weight excluding hydrogens is 368 g/mol. The number of rotatable bonds is 5. The summed E-state index contributed by atoms with van der Waals surface area (Å²) in [5.41, 5.74) is 8.28. The summed E-state index contributed by atoms with van der Waals surface area (Å²) in [6, 6.07) is 28.5. The molecule has 0 bridgehead atoms. The summed E-state index contributed by atoms with van der Waals surface area (Å²) in [5.74, 6) is 0.156. The molecule has 28 heavy (non-hydrogen) atoms. The quantitative estimate of drug-likeness (QED) is 0.514. The largest absolute Gasteiger partial charge is 0.382 e. The zero-order chi connectivity index (χ0) is 19.3. The van der Waals surface area contributed by atoms with E-state index in [9.17, 15) is 4.79 Å². The number of hydrogen-bond donors (Lipinski definition) is 2. The Morgan fingerprint density at radius 3 is 2.07 bits per heavy atom. The summed E-state index contributed by atoms with van der Waals surface area (Å²) < 4.78 is 1.64. The first-order chi connectivity index (χ1) is 13.7. The molecule has 4 rings (SSSR count). The average Bonchev–Trinajstić information content (AvgIpc) is 3.05. The Bertz CT molecular complexity index is 1080. The summed E-state index contributed by atoms with van der Waals surface area (Å²) in [4.78, 5) is 13.7. The Morgan fingerprint density at radius 2 is 1.43 bits per heavy atom. The van der Waals surface area contributed by atoms with Gasteiger partial charge in [0.05, 0.1) is 5.69 Å². The Labute approximate surface area is 167 Å². The molecule has 0 spiro atoms. The lowest BCUT2D eigenvalue weighted by atomic mass is 10.2. The lowest BCUT2D eigenvalue weighted by molar-refractivity contribution is 0.102. The van der Waals surface area contributed by atoms with Crippen molar-refractivity contribution in [3.8, 4) is 5.69 Å². The molecule has 0 aliphatic rings. The van der Waals surface area contributed by atoms with Gasteiger partial charge in [-0.3, -0.25) is 4.79 Å². The van der Waals surface area contributed by atoms with Gasteiger partial charge in [0.15, 0.2) is 5.82 Å². The molecule has 0 saturated heterocycles. The molecule has 0 saturated carbocycles. The van der Waals surface area contributed by atoms with Crippen molar-refractivity contribution in [1.82, 2.24) is 9.78 Å². The maximum Gasteiger partial charge on any atom is 0.255 e. The van der Waals surface area contributed by atoms with Crippen LogP contribution >= 0.6 is 11.8 Å². The van der Waals surface area contributed by atoms with Crippen LogP contribution in [0.5, 0.6) is 0 Å². The highest BCUT2D eigenvalue weighted by atomic mass is 32.2. The van der Waals surface area contributed by atoms with E-state index in [-0.39, 0.29) is 5.91 Å². The lowest BCUT2D eigenvalue weighted by Gasteiger charge is -2.07. The smallest absolute Gasteiger partial charge is 0.255 e. The molecule has 1 amide bonds. The number of amides is 1. The van der Waals surface area contributed by atoms with Crippen molar-refractivity contribution in [2.45, 2.75) is 9.92 Å². The molecule has 138 valence electrons. The minimum absolute atomic E-state index is 0.227. The molecule has 0 unspecified atom stereocenters. The molecule has 4 aromatic rings. The highest BCUT2D eigenvalue weighted by Gasteiger charge is 2.20. The summed E-state index contributed by atoms with van der Waals surface area (Å²) in [5, 5.41) is 8.24. The number of aromatic nitrogens is 2. The minimum atomic E-state index is -0.227. The van der Waals surface area contributed by atoms with Crippen molar-refractivity contribution in [3.63, 3.8) is 0 Å². The lowest BCUT2D eigenvalue weighted by Crippen LogP contribution is -2.13. The van der Waals surface area contributed by atoms with Gasteiger partial charge in [-0.25, -0.2) is 4.68 Å². The third kappa shape index (κ3) is 3.77. The van der Waals surface area contributed by atoms with Crippen LogP contribution in [0.15, 0.2) is 101 Å². The second-order valence-electron chi connectivity index (χ2n) is 6.05. The van der Waals surface area contributed by atoms with Gasteiger partial charge in [-0.1, -0.05) is 66.4 Å². The Hall–Kier alpha value is -3.51. The Kier molecular flexibility index (Phi) is 5.12. The van der Waals surface area contributed by atoms with Crippen LogP contribution in [-0.2, 0) is 0 Å². The van der Waals surface area contributed by atoms with Gasteiger partial charge in [-0.2, -0.15) is 5.10 Å². The van der Waals surface area contributed by atoms with Crippen molar-refractivity contribution in [1.29, 1.82) is 0 Å².